The van der Waals surface area contributed by atoms with Gasteiger partial charge in [-0.1, -0.05) is 48.0 Å². The fourth-order valence-corrected chi connectivity index (χ4v) is 6.39. The molecule has 0 saturated carbocycles. The van der Waals surface area contributed by atoms with Gasteiger partial charge in [-0.3, -0.25) is 9.69 Å². The van der Waals surface area contributed by atoms with E-state index in [1.54, 1.807) is 48.7 Å². The molecule has 0 spiro atoms. The number of aromatic amines is 1. The second kappa shape index (κ2) is 9.30. The van der Waals surface area contributed by atoms with Crippen LogP contribution in [0.1, 0.15) is 16.8 Å². The van der Waals surface area contributed by atoms with Gasteiger partial charge >= 0.3 is 0 Å². The number of nitrogens with one attached hydrogen (secondary N) is 1. The van der Waals surface area contributed by atoms with Gasteiger partial charge in [-0.05, 0) is 48.0 Å². The Hall–Kier alpha value is -3.72. The molecule has 0 atom stereocenters. The number of fused-ring (bicyclic) bond motifs is 2. The first-order valence-corrected chi connectivity index (χ1v) is 13.7. The maximum atomic E-state index is 13.4. The van der Waals surface area contributed by atoms with Crippen molar-refractivity contribution in [3.63, 3.8) is 0 Å². The first-order valence-electron chi connectivity index (χ1n) is 11.9. The van der Waals surface area contributed by atoms with Crippen molar-refractivity contribution in [1.82, 2.24) is 18.8 Å². The Labute approximate surface area is 219 Å². The molecule has 0 unspecified atom stereocenters. The van der Waals surface area contributed by atoms with Crippen molar-refractivity contribution >= 4 is 32.5 Å². The van der Waals surface area contributed by atoms with E-state index in [4.69, 9.17) is 16.6 Å². The molecular weight excluding hydrogens is 508 g/mol. The van der Waals surface area contributed by atoms with Crippen LogP contribution in [0.25, 0.3) is 22.3 Å². The van der Waals surface area contributed by atoms with Crippen LogP contribution < -0.4 is 5.56 Å². The average molecular weight is 531 g/mol. The summed E-state index contributed by atoms with van der Waals surface area (Å²) >= 11 is 5.99. The fourth-order valence-electron chi connectivity index (χ4n) is 4.85. The van der Waals surface area contributed by atoms with E-state index in [1.165, 1.54) is 3.97 Å². The fraction of sp³-hybridized carbons (Fsp3) is 0.143. The van der Waals surface area contributed by atoms with E-state index < -0.39 is 10.0 Å². The number of para-hydroxylation sites is 1. The van der Waals surface area contributed by atoms with E-state index in [0.29, 0.717) is 48.0 Å². The van der Waals surface area contributed by atoms with Gasteiger partial charge in [0.1, 0.15) is 5.82 Å². The number of rotatable bonds is 5. The lowest BCUT2D eigenvalue weighted by atomic mass is 10.1. The van der Waals surface area contributed by atoms with Gasteiger partial charge in [-0.2, -0.15) is 0 Å². The highest BCUT2D eigenvalue weighted by molar-refractivity contribution is 7.90. The number of hydrogen-bond donors (Lipinski definition) is 1. The molecule has 3 heterocycles. The molecule has 9 heteroatoms. The molecular formula is C28H23ClN4O3S. The lowest BCUT2D eigenvalue weighted by Gasteiger charge is -2.27. The molecule has 2 aromatic heterocycles. The van der Waals surface area contributed by atoms with Crippen molar-refractivity contribution < 1.29 is 8.42 Å². The van der Waals surface area contributed by atoms with Crippen molar-refractivity contribution in [3.8, 4) is 11.4 Å². The molecule has 37 heavy (non-hydrogen) atoms. The highest BCUT2D eigenvalue weighted by atomic mass is 35.5. The lowest BCUT2D eigenvalue weighted by Crippen LogP contribution is -2.35. The summed E-state index contributed by atoms with van der Waals surface area (Å²) in [6.07, 6.45) is 2.33. The third kappa shape index (κ3) is 4.37. The van der Waals surface area contributed by atoms with E-state index in [0.717, 1.165) is 22.2 Å². The van der Waals surface area contributed by atoms with Crippen LogP contribution in [0, 0.1) is 0 Å². The minimum Gasteiger partial charge on any atom is -0.306 e. The predicted molar refractivity (Wildman–Crippen MR) is 144 cm³/mol. The molecule has 7 nitrogen and oxygen atoms in total. The number of nitrogens with zero attached hydrogens (tertiary/aromatic N) is 3. The van der Waals surface area contributed by atoms with Crippen LogP contribution >= 0.6 is 11.6 Å². The largest absolute Gasteiger partial charge is 0.306 e. The van der Waals surface area contributed by atoms with E-state index in [1.807, 2.05) is 36.4 Å². The highest BCUT2D eigenvalue weighted by Gasteiger charge is 2.25. The van der Waals surface area contributed by atoms with Crippen molar-refractivity contribution in [2.45, 2.75) is 24.4 Å². The molecule has 0 radical (unpaired) electrons. The van der Waals surface area contributed by atoms with Gasteiger partial charge in [0.2, 0.25) is 0 Å². The van der Waals surface area contributed by atoms with Crippen LogP contribution in [0.4, 0.5) is 0 Å². The average Bonchev–Trinajstić information content (AvgIpc) is 3.29. The summed E-state index contributed by atoms with van der Waals surface area (Å²) in [5.41, 5.74) is 3.60. The number of benzene rings is 3. The predicted octanol–water partition coefficient (Wildman–Crippen LogP) is 4.84. The van der Waals surface area contributed by atoms with Crippen molar-refractivity contribution in [3.05, 3.63) is 117 Å². The molecule has 0 bridgehead atoms. The molecule has 0 aliphatic carbocycles. The summed E-state index contributed by atoms with van der Waals surface area (Å²) in [7, 11) is -3.75. The van der Waals surface area contributed by atoms with E-state index >= 15 is 0 Å². The molecule has 5 aromatic rings. The standard InChI is InChI=1S/C28H23ClN4O3S/c29-21-12-10-19(11-13-21)27-30-25-14-15-32(18-24(25)28(34)31-27)16-20-17-33(26-9-5-4-8-23(20)26)37(35,36)22-6-2-1-3-7-22/h1-13,17H,14-16,18H2,(H,30,31,34). The third-order valence-corrected chi connectivity index (χ3v) is 8.66. The molecule has 1 aliphatic heterocycles. The monoisotopic (exact) mass is 530 g/mol. The van der Waals surface area contributed by atoms with E-state index in [-0.39, 0.29) is 10.5 Å². The van der Waals surface area contributed by atoms with Crippen LogP contribution in [0.3, 0.4) is 0 Å². The minimum absolute atomic E-state index is 0.159. The first-order chi connectivity index (χ1) is 17.9. The highest BCUT2D eigenvalue weighted by Crippen LogP contribution is 2.28. The summed E-state index contributed by atoms with van der Waals surface area (Å²) < 4.78 is 28.2. The second-order valence-corrected chi connectivity index (χ2v) is 11.3. The van der Waals surface area contributed by atoms with Gasteiger partial charge in [-0.15, -0.1) is 0 Å². The number of hydrogen-bond acceptors (Lipinski definition) is 5. The zero-order chi connectivity index (χ0) is 25.6. The summed E-state index contributed by atoms with van der Waals surface area (Å²) in [5.74, 6) is 0.531. The molecule has 3 aromatic carbocycles. The number of halogens is 1. The summed E-state index contributed by atoms with van der Waals surface area (Å²) in [5, 5.41) is 1.50. The maximum Gasteiger partial charge on any atom is 0.268 e. The van der Waals surface area contributed by atoms with Gasteiger partial charge in [-0.25, -0.2) is 17.4 Å². The van der Waals surface area contributed by atoms with Crippen LogP contribution in [0.15, 0.2) is 94.7 Å². The van der Waals surface area contributed by atoms with Crippen LogP contribution in [-0.2, 0) is 29.5 Å². The summed E-state index contributed by atoms with van der Waals surface area (Å²) in [4.78, 5) is 23.0. The van der Waals surface area contributed by atoms with E-state index in [2.05, 4.69) is 9.88 Å². The Morgan fingerprint density at radius 3 is 2.46 bits per heavy atom. The van der Waals surface area contributed by atoms with Crippen LogP contribution in [0.2, 0.25) is 5.02 Å². The zero-order valence-electron chi connectivity index (χ0n) is 19.8. The van der Waals surface area contributed by atoms with Crippen molar-refractivity contribution in [1.29, 1.82) is 0 Å². The lowest BCUT2D eigenvalue weighted by molar-refractivity contribution is 0.242. The molecule has 0 saturated heterocycles. The van der Waals surface area contributed by atoms with Gasteiger partial charge in [0, 0.05) is 48.2 Å². The minimum atomic E-state index is -3.75. The Bertz CT molecular complexity index is 1780. The van der Waals surface area contributed by atoms with Gasteiger partial charge in [0.05, 0.1) is 21.7 Å². The SMILES string of the molecule is O=c1[nH]c(-c2ccc(Cl)cc2)nc2c1CN(Cc1cn(S(=O)(=O)c3ccccc3)c3ccccc13)CC2. The number of aromatic nitrogens is 3. The first kappa shape index (κ1) is 23.7. The normalized spacial score (nSPS) is 14.1. The zero-order valence-corrected chi connectivity index (χ0v) is 21.3. The summed E-state index contributed by atoms with van der Waals surface area (Å²) in [6, 6.07) is 23.1. The quantitative estimate of drug-likeness (QED) is 0.351. The Balaban J connectivity index is 1.31. The molecule has 0 fully saturated rings. The van der Waals surface area contributed by atoms with Crippen molar-refractivity contribution in [2.24, 2.45) is 0 Å². The molecule has 186 valence electrons. The van der Waals surface area contributed by atoms with E-state index in [9.17, 15) is 13.2 Å². The Morgan fingerprint density at radius 2 is 1.68 bits per heavy atom. The molecule has 0 amide bonds. The third-order valence-electron chi connectivity index (χ3n) is 6.72. The van der Waals surface area contributed by atoms with Crippen LogP contribution in [0.5, 0.6) is 0 Å². The molecule has 6 rings (SSSR count). The maximum absolute atomic E-state index is 13.4. The smallest absolute Gasteiger partial charge is 0.268 e. The number of H-pyrrole nitrogens is 1. The topological polar surface area (TPSA) is 88.1 Å². The molecule has 1 N–H and O–H groups in total. The molecule has 1 aliphatic rings. The Morgan fingerprint density at radius 1 is 0.946 bits per heavy atom. The van der Waals surface area contributed by atoms with Gasteiger partial charge in [0.25, 0.3) is 15.6 Å². The summed E-state index contributed by atoms with van der Waals surface area (Å²) in [6.45, 7) is 1.65. The Kier molecular flexibility index (Phi) is 5.95. The van der Waals surface area contributed by atoms with Crippen molar-refractivity contribution in [2.75, 3.05) is 6.54 Å². The van der Waals surface area contributed by atoms with Crippen LogP contribution in [-0.4, -0.2) is 33.8 Å². The van der Waals surface area contributed by atoms with Gasteiger partial charge < -0.3 is 4.98 Å². The van der Waals surface area contributed by atoms with Gasteiger partial charge in [0.15, 0.2) is 0 Å². The second-order valence-electron chi connectivity index (χ2n) is 9.09.